The van der Waals surface area contributed by atoms with E-state index in [2.05, 4.69) is 25.0 Å². The Morgan fingerprint density at radius 2 is 0.910 bits per heavy atom. The van der Waals surface area contributed by atoms with Gasteiger partial charge in [0.05, 0.1) is 44.3 Å². The number of aliphatic imine (C=N–C) groups is 2. The van der Waals surface area contributed by atoms with Crippen LogP contribution in [0.5, 0.6) is 23.0 Å². The van der Waals surface area contributed by atoms with E-state index in [9.17, 15) is 10.1 Å². The van der Waals surface area contributed by atoms with Crippen molar-refractivity contribution in [3.8, 4) is 34.9 Å². The van der Waals surface area contributed by atoms with Gasteiger partial charge in [0.1, 0.15) is 33.9 Å². The smallest absolute Gasteiger partial charge is 0.442 e. The quantitative estimate of drug-likeness (QED) is 0.0575. The fraction of sp³-hybridized carbons (Fsp3) is 0.134. The lowest BCUT2D eigenvalue weighted by Gasteiger charge is -2.38. The number of benzene rings is 8. The first kappa shape index (κ1) is 65.3. The van der Waals surface area contributed by atoms with Crippen molar-refractivity contribution in [3.63, 3.8) is 0 Å². The molecule has 4 aliphatic heterocycles. The van der Waals surface area contributed by atoms with Crippen LogP contribution >= 0.6 is 0 Å². The van der Waals surface area contributed by atoms with Gasteiger partial charge >= 0.3 is 59.8 Å². The molecule has 6 bridgehead atoms. The molecule has 0 spiro atoms. The molecular weight excluding hydrogens is 1370 g/mol. The number of carbonyl (C=O) groups is 1. The molecular formula is C67H32F18N9O6+. The molecule has 4 aliphatic rings. The molecule has 0 amide bonds. The zero-order valence-corrected chi connectivity index (χ0v) is 49.2. The van der Waals surface area contributed by atoms with E-state index in [-0.39, 0.29) is 21.9 Å². The van der Waals surface area contributed by atoms with Crippen molar-refractivity contribution in [3.05, 3.63) is 238 Å². The van der Waals surface area contributed by atoms with Crippen LogP contribution in [0.1, 0.15) is 43.7 Å². The Bertz CT molecular complexity index is 5480. The van der Waals surface area contributed by atoms with Gasteiger partial charge in [0, 0.05) is 27.6 Å². The van der Waals surface area contributed by atoms with E-state index in [0.717, 1.165) is 91.0 Å². The number of halogens is 18. The zero-order valence-electron chi connectivity index (χ0n) is 49.2. The third-order valence-electron chi connectivity index (χ3n) is 16.4. The molecule has 0 saturated heterocycles. The molecule has 0 unspecified atom stereocenters. The summed E-state index contributed by atoms with van der Waals surface area (Å²) in [5.41, 5.74) is -24.5. The third kappa shape index (κ3) is 9.87. The number of esters is 1. The molecule has 15 nitrogen and oxygen atoms in total. The van der Waals surface area contributed by atoms with Gasteiger partial charge in [-0.15, -0.1) is 4.99 Å². The maximum absolute atomic E-state index is 15.8. The van der Waals surface area contributed by atoms with E-state index >= 15 is 79.0 Å². The number of carbonyl (C=O) groups excluding carboxylic acids is 1. The highest BCUT2D eigenvalue weighted by atomic mass is 19.4. The second-order valence-corrected chi connectivity index (χ2v) is 22.2. The molecule has 100 heavy (non-hydrogen) atoms. The number of aromatic amines is 1. The van der Waals surface area contributed by atoms with Crippen LogP contribution in [-0.4, -0.2) is 69.2 Å². The van der Waals surface area contributed by atoms with E-state index < -0.39 is 178 Å². The molecule has 0 fully saturated rings. The molecule has 10 aromatic rings. The Balaban J connectivity index is 1.15. The van der Waals surface area contributed by atoms with E-state index in [0.29, 0.717) is 63.9 Å². The molecule has 6 heterocycles. The summed E-state index contributed by atoms with van der Waals surface area (Å²) in [6.45, 7) is 0. The lowest BCUT2D eigenvalue weighted by Crippen LogP contribution is -2.58. The summed E-state index contributed by atoms with van der Waals surface area (Å²) in [5, 5.41) is 6.00. The summed E-state index contributed by atoms with van der Waals surface area (Å²) in [5.74, 6) is -9.82. The normalized spacial score (nSPS) is 14.0. The molecule has 1 N–H and O–H groups in total. The number of hydrogen-bond donors (Lipinski definition) is 1. The van der Waals surface area contributed by atoms with E-state index in [1.807, 2.05) is 6.07 Å². The largest absolute Gasteiger partial charge is 0.464 e. The first-order chi connectivity index (χ1) is 47.2. The van der Waals surface area contributed by atoms with Gasteiger partial charge in [-0.2, -0.15) is 93.9 Å². The van der Waals surface area contributed by atoms with Crippen LogP contribution < -0.4 is 34.7 Å². The number of amidine groups is 2. The van der Waals surface area contributed by atoms with E-state index in [1.54, 1.807) is 0 Å². The fourth-order valence-corrected chi connectivity index (χ4v) is 12.0. The van der Waals surface area contributed by atoms with Gasteiger partial charge in [-0.25, -0.2) is 14.8 Å². The van der Waals surface area contributed by atoms with Gasteiger partial charge in [0.15, 0.2) is 11.7 Å². The van der Waals surface area contributed by atoms with Crippen molar-refractivity contribution >= 4 is 67.2 Å². The summed E-state index contributed by atoms with van der Waals surface area (Å²) < 4.78 is 313. The van der Waals surface area contributed by atoms with E-state index in [4.69, 9.17) is 28.6 Å². The highest BCUT2D eigenvalue weighted by Gasteiger charge is 2.77. The van der Waals surface area contributed by atoms with Crippen LogP contribution in [0.15, 0.2) is 213 Å². The molecule has 506 valence electrons. The molecule has 0 radical (unpaired) electrons. The monoisotopic (exact) mass is 1400 g/mol. The Morgan fingerprint density at radius 3 is 1.42 bits per heavy atom. The number of ether oxygens (including phenoxy) is 4. The lowest BCUT2D eigenvalue weighted by molar-refractivity contribution is -0.793. The first-order valence-corrected chi connectivity index (χ1v) is 28.7. The Hall–Kier alpha value is -12.0. The van der Waals surface area contributed by atoms with Crippen molar-refractivity contribution in [2.75, 3.05) is 0 Å². The molecule has 0 saturated carbocycles. The first-order valence-electron chi connectivity index (χ1n) is 28.7. The van der Waals surface area contributed by atoms with Crippen molar-refractivity contribution in [2.24, 2.45) is 20.0 Å². The number of nitrogens with zero attached hydrogens (tertiary/aromatic N) is 8. The predicted molar refractivity (Wildman–Crippen MR) is 313 cm³/mol. The highest BCUT2D eigenvalue weighted by molar-refractivity contribution is 6.25. The lowest BCUT2D eigenvalue weighted by atomic mass is 9.91. The molecule has 2 aromatic heterocycles. The maximum atomic E-state index is 15.8. The Kier molecular flexibility index (Phi) is 14.7. The van der Waals surface area contributed by atoms with Crippen molar-refractivity contribution in [1.29, 1.82) is 5.26 Å². The van der Waals surface area contributed by atoms with Crippen molar-refractivity contribution < 1.29 is 112 Å². The zero-order chi connectivity index (χ0) is 71.1. The minimum Gasteiger partial charge on any atom is -0.464 e. The molecule has 0 atom stereocenters. The number of aromatic nitrogens is 4. The summed E-state index contributed by atoms with van der Waals surface area (Å²) in [6.07, 6.45) is -38.5. The average Bonchev–Trinajstić information content (AvgIpc) is 1.43. The standard InChI is InChI=1S/C67H31F18N9O6/c68-62(69,70)59(63(71,72)73,35-14-4-1-5-15-35)97-43-25-11-21-39-46(43)52-87-50-38-20-10-26-44(98-60(64(74,75)76,65(77,78)79)36-16-6-2-7-17-36)47(38)53(88-50)91-54-40-22-12-24-42(96-58(95)34-30-28-33(32-86)29-31-34)48(40)57-92-55-41-23-13-27-45(49(41)56(90-51(39)89-52)94(55)100-93(54)57)99-61(66(80,81)82,67(83,84)85)37-18-8-3-9-19-37/h1-31H/p+1. The minimum atomic E-state index is -6.44. The van der Waals surface area contributed by atoms with Crippen LogP contribution in [-0.2, 0) is 16.8 Å². The average molecular weight is 1400 g/mol. The molecule has 33 heteroatoms. The number of H-pyrrole nitrogens is 1. The van der Waals surface area contributed by atoms with Crippen molar-refractivity contribution in [2.45, 2.75) is 53.9 Å². The van der Waals surface area contributed by atoms with Crippen LogP contribution in [0, 0.1) is 11.3 Å². The molecule has 0 aliphatic carbocycles. The summed E-state index contributed by atoms with van der Waals surface area (Å²) in [4.78, 5) is 39.5. The summed E-state index contributed by atoms with van der Waals surface area (Å²) in [7, 11) is 0. The summed E-state index contributed by atoms with van der Waals surface area (Å²) >= 11 is 0. The van der Waals surface area contributed by atoms with Crippen molar-refractivity contribution in [1.82, 2.24) is 14.5 Å². The second-order valence-electron chi connectivity index (χ2n) is 22.2. The number of nitrogens with one attached hydrogen (secondary N) is 1. The predicted octanol–water partition coefficient (Wildman–Crippen LogP) is 16.1. The second kappa shape index (κ2) is 22.5. The topological polar surface area (TPSA) is 177 Å². The maximum Gasteiger partial charge on any atom is 0.442 e. The fourth-order valence-electron chi connectivity index (χ4n) is 12.0. The molecule has 14 rings (SSSR count). The number of rotatable bonds is 11. The van der Waals surface area contributed by atoms with Gasteiger partial charge < -0.3 is 23.9 Å². The number of hydrogen-bond acceptors (Lipinski definition) is 12. The summed E-state index contributed by atoms with van der Waals surface area (Å²) in [6, 6.07) is 29.0. The third-order valence-corrected chi connectivity index (χ3v) is 16.4. The van der Waals surface area contributed by atoms with E-state index in [1.165, 1.54) is 42.5 Å². The van der Waals surface area contributed by atoms with Gasteiger partial charge in [-0.1, -0.05) is 132 Å². The molecule has 8 aromatic carbocycles. The SMILES string of the molecule is N#Cc1ccc(C(=O)Oc2cccc3c4[n+]5on6c(c7c(OC(c8ccccc8)(C(F)(F)F)C(F)(F)F)cccc7c6nc-5c23)N=C2N=C(N=c3[nH]c(c5c(OC(c6ccccc6)(C(F)(F)F)C(F)(F)F)cccc35)=N4)c3c(OC(c4ccccc4)(C(F)(F)F)C(F)(F)F)cccc32)cc1. The Labute approximate surface area is 544 Å². The number of fused-ring (bicyclic) bond motifs is 15. The van der Waals surface area contributed by atoms with Gasteiger partial charge in [-0.3, -0.25) is 0 Å². The van der Waals surface area contributed by atoms with Crippen LogP contribution in [0.3, 0.4) is 0 Å². The highest BCUT2D eigenvalue weighted by Crippen LogP contribution is 2.58. The van der Waals surface area contributed by atoms with Crippen LogP contribution in [0.4, 0.5) is 90.7 Å². The van der Waals surface area contributed by atoms with Gasteiger partial charge in [0.2, 0.25) is 11.3 Å². The number of nitriles is 1. The Morgan fingerprint density at radius 1 is 0.450 bits per heavy atom. The number of alkyl halides is 18. The van der Waals surface area contributed by atoms with Gasteiger partial charge in [0.25, 0.3) is 17.3 Å². The minimum absolute atomic E-state index is 0.109. The van der Waals surface area contributed by atoms with Gasteiger partial charge in [-0.05, 0) is 70.0 Å². The van der Waals surface area contributed by atoms with Crippen LogP contribution in [0.25, 0.3) is 43.8 Å². The van der Waals surface area contributed by atoms with Crippen LogP contribution in [0.2, 0.25) is 0 Å².